The van der Waals surface area contributed by atoms with Crippen LogP contribution in [0.15, 0.2) is 35.7 Å². The zero-order valence-electron chi connectivity index (χ0n) is 9.87. The molecule has 5 heteroatoms. The van der Waals surface area contributed by atoms with E-state index in [1.165, 1.54) is 17.6 Å². The Hall–Kier alpha value is -2.01. The fourth-order valence-electron chi connectivity index (χ4n) is 1.38. The molecule has 0 N–H and O–H groups in total. The molecule has 0 spiro atoms. The van der Waals surface area contributed by atoms with E-state index in [1.54, 1.807) is 35.7 Å². The summed E-state index contributed by atoms with van der Waals surface area (Å²) < 4.78 is 9.03. The minimum atomic E-state index is -0.0638. The first-order valence-electron chi connectivity index (χ1n) is 5.52. The summed E-state index contributed by atoms with van der Waals surface area (Å²) in [4.78, 5) is 11.8. The van der Waals surface area contributed by atoms with E-state index in [2.05, 4.69) is 9.59 Å². The van der Waals surface area contributed by atoms with Gasteiger partial charge in [-0.05, 0) is 54.9 Å². The van der Waals surface area contributed by atoms with Crippen LogP contribution in [0.25, 0.3) is 6.08 Å². The Morgan fingerprint density at radius 3 is 2.78 bits per heavy atom. The van der Waals surface area contributed by atoms with Crippen LogP contribution in [0, 0.1) is 0 Å². The van der Waals surface area contributed by atoms with Crippen molar-refractivity contribution in [3.63, 3.8) is 0 Å². The lowest BCUT2D eigenvalue weighted by Gasteiger charge is -2.02. The van der Waals surface area contributed by atoms with Crippen molar-refractivity contribution in [2.45, 2.75) is 6.92 Å². The lowest BCUT2D eigenvalue weighted by Crippen LogP contribution is -1.95. The van der Waals surface area contributed by atoms with E-state index in [-0.39, 0.29) is 5.78 Å². The average Bonchev–Trinajstić information content (AvgIpc) is 2.90. The summed E-state index contributed by atoms with van der Waals surface area (Å²) in [5.74, 6) is 0.702. The van der Waals surface area contributed by atoms with Crippen LogP contribution in [0.3, 0.4) is 0 Å². The molecule has 1 aromatic carbocycles. The van der Waals surface area contributed by atoms with Gasteiger partial charge in [0.25, 0.3) is 0 Å². The average molecular weight is 260 g/mol. The number of ether oxygens (including phenoxy) is 1. The predicted molar refractivity (Wildman–Crippen MR) is 70.9 cm³/mol. The van der Waals surface area contributed by atoms with Crippen molar-refractivity contribution in [3.8, 4) is 5.75 Å². The Morgan fingerprint density at radius 1 is 1.39 bits per heavy atom. The summed E-state index contributed by atoms with van der Waals surface area (Å²) in [6.45, 7) is 2.54. The molecule has 0 atom stereocenters. The number of benzene rings is 1. The number of carbonyl (C=O) groups is 1. The number of hydrogen-bond acceptors (Lipinski definition) is 5. The van der Waals surface area contributed by atoms with Crippen molar-refractivity contribution in [2.75, 3.05) is 6.61 Å². The third-order valence-corrected chi connectivity index (χ3v) is 2.76. The van der Waals surface area contributed by atoms with E-state index >= 15 is 0 Å². The summed E-state index contributed by atoms with van der Waals surface area (Å²) in [6.07, 6.45) is 3.15. The number of ketones is 1. The molecule has 4 nitrogen and oxygen atoms in total. The van der Waals surface area contributed by atoms with Crippen molar-refractivity contribution in [3.05, 3.63) is 47.0 Å². The molecular formula is C13H12N2O2S. The van der Waals surface area contributed by atoms with E-state index in [0.29, 0.717) is 17.9 Å². The zero-order chi connectivity index (χ0) is 12.8. The van der Waals surface area contributed by atoms with Gasteiger partial charge in [0.1, 0.15) is 5.75 Å². The largest absolute Gasteiger partial charge is 0.494 e. The lowest BCUT2D eigenvalue weighted by molar-refractivity contribution is 0.104. The summed E-state index contributed by atoms with van der Waals surface area (Å²) in [6, 6.07) is 7.07. The number of rotatable bonds is 5. The predicted octanol–water partition coefficient (Wildman–Crippen LogP) is 2.83. The minimum absolute atomic E-state index is 0.0638. The molecule has 0 aliphatic rings. The van der Waals surface area contributed by atoms with Crippen LogP contribution in [0.2, 0.25) is 0 Å². The molecule has 92 valence electrons. The Balaban J connectivity index is 2.04. The molecule has 0 unspecified atom stereocenters. The molecule has 0 aliphatic carbocycles. The third-order valence-electron chi connectivity index (χ3n) is 2.23. The van der Waals surface area contributed by atoms with Gasteiger partial charge in [0.05, 0.1) is 12.3 Å². The second-order valence-corrected chi connectivity index (χ2v) is 4.09. The topological polar surface area (TPSA) is 52.1 Å². The summed E-state index contributed by atoms with van der Waals surface area (Å²) in [5, 5.41) is 5.61. The van der Waals surface area contributed by atoms with Gasteiger partial charge in [-0.3, -0.25) is 4.79 Å². The Kier molecular flexibility index (Phi) is 4.20. The molecule has 0 fully saturated rings. The van der Waals surface area contributed by atoms with Gasteiger partial charge < -0.3 is 4.74 Å². The molecule has 2 rings (SSSR count). The van der Waals surface area contributed by atoms with E-state index in [1.807, 2.05) is 6.92 Å². The second kappa shape index (κ2) is 6.07. The Morgan fingerprint density at radius 2 is 2.17 bits per heavy atom. The standard InChI is InChI=1S/C13H12N2O2S/c1-2-17-12-6-3-10(4-7-12)13(16)8-5-11-9-18-15-14-11/h3-9H,2H2,1H3/b8-5-. The van der Waals surface area contributed by atoms with Gasteiger partial charge in [-0.15, -0.1) is 5.10 Å². The molecule has 0 aliphatic heterocycles. The first kappa shape index (κ1) is 12.4. The van der Waals surface area contributed by atoms with E-state index in [0.717, 1.165) is 5.75 Å². The smallest absolute Gasteiger partial charge is 0.185 e. The maximum atomic E-state index is 11.8. The molecule has 0 saturated heterocycles. The van der Waals surface area contributed by atoms with Crippen molar-refractivity contribution in [2.24, 2.45) is 0 Å². The number of hydrogen-bond donors (Lipinski definition) is 0. The highest BCUT2D eigenvalue weighted by molar-refractivity contribution is 7.03. The molecule has 18 heavy (non-hydrogen) atoms. The number of aromatic nitrogens is 2. The van der Waals surface area contributed by atoms with E-state index < -0.39 is 0 Å². The van der Waals surface area contributed by atoms with Crippen molar-refractivity contribution < 1.29 is 9.53 Å². The quantitative estimate of drug-likeness (QED) is 0.612. The van der Waals surface area contributed by atoms with Crippen LogP contribution >= 0.6 is 11.5 Å². The highest BCUT2D eigenvalue weighted by Gasteiger charge is 2.02. The van der Waals surface area contributed by atoms with E-state index in [9.17, 15) is 4.79 Å². The van der Waals surface area contributed by atoms with Crippen LogP contribution < -0.4 is 4.74 Å². The van der Waals surface area contributed by atoms with Crippen molar-refractivity contribution in [1.29, 1.82) is 0 Å². The first-order valence-corrected chi connectivity index (χ1v) is 6.35. The fourth-order valence-corrected chi connectivity index (χ4v) is 1.81. The monoisotopic (exact) mass is 260 g/mol. The molecule has 0 saturated carbocycles. The summed E-state index contributed by atoms with van der Waals surface area (Å²) in [7, 11) is 0. The summed E-state index contributed by atoms with van der Waals surface area (Å²) >= 11 is 1.25. The third kappa shape index (κ3) is 3.24. The highest BCUT2D eigenvalue weighted by atomic mass is 32.1. The number of allylic oxidation sites excluding steroid dienone is 1. The molecule has 2 aromatic rings. The van der Waals surface area contributed by atoms with Crippen LogP contribution in [-0.2, 0) is 0 Å². The maximum absolute atomic E-state index is 11.8. The van der Waals surface area contributed by atoms with Gasteiger partial charge in [0, 0.05) is 10.9 Å². The minimum Gasteiger partial charge on any atom is -0.494 e. The van der Waals surface area contributed by atoms with Crippen LogP contribution in [-0.4, -0.2) is 22.0 Å². The Bertz CT molecular complexity index is 533. The summed E-state index contributed by atoms with van der Waals surface area (Å²) in [5.41, 5.74) is 1.32. The van der Waals surface area contributed by atoms with Crippen LogP contribution in [0.4, 0.5) is 0 Å². The molecular weight excluding hydrogens is 248 g/mol. The van der Waals surface area contributed by atoms with Gasteiger partial charge in [0.15, 0.2) is 5.78 Å². The molecule has 0 bridgehead atoms. The van der Waals surface area contributed by atoms with Gasteiger partial charge in [-0.1, -0.05) is 4.49 Å². The van der Waals surface area contributed by atoms with Gasteiger partial charge >= 0.3 is 0 Å². The maximum Gasteiger partial charge on any atom is 0.185 e. The fraction of sp³-hybridized carbons (Fsp3) is 0.154. The SMILES string of the molecule is CCOc1ccc(C(=O)/C=C\c2csnn2)cc1. The van der Waals surface area contributed by atoms with Crippen molar-refractivity contribution >= 4 is 23.4 Å². The normalized spacial score (nSPS) is 10.7. The zero-order valence-corrected chi connectivity index (χ0v) is 10.7. The molecule has 1 heterocycles. The Labute approximate surface area is 109 Å². The number of nitrogens with zero attached hydrogens (tertiary/aromatic N) is 2. The lowest BCUT2D eigenvalue weighted by atomic mass is 10.1. The molecule has 0 amide bonds. The number of carbonyl (C=O) groups excluding carboxylic acids is 1. The second-order valence-electron chi connectivity index (χ2n) is 3.48. The first-order chi connectivity index (χ1) is 8.79. The van der Waals surface area contributed by atoms with Crippen molar-refractivity contribution in [1.82, 2.24) is 9.59 Å². The molecule has 0 radical (unpaired) electrons. The van der Waals surface area contributed by atoms with E-state index in [4.69, 9.17) is 4.74 Å². The van der Waals surface area contributed by atoms with Crippen LogP contribution in [0.1, 0.15) is 23.0 Å². The van der Waals surface area contributed by atoms with Crippen LogP contribution in [0.5, 0.6) is 5.75 Å². The van der Waals surface area contributed by atoms with Gasteiger partial charge in [-0.2, -0.15) is 0 Å². The van der Waals surface area contributed by atoms with Gasteiger partial charge in [0.2, 0.25) is 0 Å². The van der Waals surface area contributed by atoms with Gasteiger partial charge in [-0.25, -0.2) is 0 Å². The molecule has 1 aromatic heterocycles. The highest BCUT2D eigenvalue weighted by Crippen LogP contribution is 2.13.